The predicted molar refractivity (Wildman–Crippen MR) is 151 cm³/mol. The summed E-state index contributed by atoms with van der Waals surface area (Å²) in [5.74, 6) is -5.30. The van der Waals surface area contributed by atoms with E-state index in [-0.39, 0.29) is 28.8 Å². The van der Waals surface area contributed by atoms with E-state index in [2.05, 4.69) is 34.0 Å². The minimum atomic E-state index is -3.95. The highest BCUT2D eigenvalue weighted by Crippen LogP contribution is 2.69. The summed E-state index contributed by atoms with van der Waals surface area (Å²) in [6.45, 7) is 9.84. The van der Waals surface area contributed by atoms with Gasteiger partial charge in [-0.15, -0.1) is 0 Å². The summed E-state index contributed by atoms with van der Waals surface area (Å²) in [7, 11) is 0. The molecule has 0 radical (unpaired) electrons. The Morgan fingerprint density at radius 1 is 1.10 bits per heavy atom. The van der Waals surface area contributed by atoms with Crippen LogP contribution in [0.4, 0.5) is 33.7 Å². The van der Waals surface area contributed by atoms with Crippen LogP contribution in [-0.2, 0) is 11.3 Å². The number of anilines is 2. The Balaban J connectivity index is 1.43. The lowest BCUT2D eigenvalue weighted by Gasteiger charge is -2.45. The van der Waals surface area contributed by atoms with Crippen molar-refractivity contribution in [2.45, 2.75) is 43.5 Å². The van der Waals surface area contributed by atoms with Gasteiger partial charge in [-0.25, -0.2) is 18.2 Å². The van der Waals surface area contributed by atoms with Crippen LogP contribution in [-0.4, -0.2) is 78.3 Å². The number of hydrogen-bond donors (Lipinski definition) is 1. The molecule has 2 atom stereocenters. The van der Waals surface area contributed by atoms with Gasteiger partial charge in [0, 0.05) is 63.0 Å². The number of aromatic nitrogens is 3. The van der Waals surface area contributed by atoms with Crippen LogP contribution in [0.15, 0.2) is 18.3 Å². The first-order valence-corrected chi connectivity index (χ1v) is 14.9. The van der Waals surface area contributed by atoms with Crippen LogP contribution in [0.25, 0.3) is 22.2 Å². The Hall–Kier alpha value is -2.83. The number of pyridine rings is 1. The van der Waals surface area contributed by atoms with E-state index in [1.165, 1.54) is 12.3 Å². The maximum atomic E-state index is 15.5. The normalized spacial score (nSPS) is 23.4. The molecule has 1 N–H and O–H groups in total. The van der Waals surface area contributed by atoms with Gasteiger partial charge in [0.2, 0.25) is 5.95 Å². The summed E-state index contributed by atoms with van der Waals surface area (Å²) in [4.78, 5) is 20.2. The highest BCUT2D eigenvalue weighted by molar-refractivity contribution is 6.23. The van der Waals surface area contributed by atoms with Crippen molar-refractivity contribution in [2.75, 3.05) is 62.2 Å². The lowest BCUT2D eigenvalue weighted by Crippen LogP contribution is -2.60. The first-order valence-electron chi connectivity index (χ1n) is 14.5. The first kappa shape index (κ1) is 28.0. The van der Waals surface area contributed by atoms with Crippen LogP contribution in [0.1, 0.15) is 42.9 Å². The zero-order valence-electron chi connectivity index (χ0n) is 23.3. The van der Waals surface area contributed by atoms with Crippen molar-refractivity contribution in [1.82, 2.24) is 25.2 Å². The largest absolute Gasteiger partial charge is 0.353 e. The highest BCUT2D eigenvalue weighted by Gasteiger charge is 2.65. The minimum absolute atomic E-state index is 0.0421. The average molecular weight is 608 g/mol. The van der Waals surface area contributed by atoms with Crippen LogP contribution >= 0.6 is 11.6 Å². The molecule has 4 aliphatic rings. The Kier molecular flexibility index (Phi) is 6.56. The lowest BCUT2D eigenvalue weighted by molar-refractivity contribution is -0.0254. The van der Waals surface area contributed by atoms with Gasteiger partial charge in [-0.1, -0.05) is 13.8 Å². The number of hydrogen-bond acceptors (Lipinski definition) is 7. The fourth-order valence-electron chi connectivity index (χ4n) is 7.01. The third-order valence-electron chi connectivity index (χ3n) is 9.29. The number of nitrogens with one attached hydrogen (secondary N) is 1. The molecule has 0 amide bonds. The molecule has 224 valence electrons. The number of halogens is 6. The molecule has 2 saturated heterocycles. The van der Waals surface area contributed by atoms with Crippen molar-refractivity contribution in [3.8, 4) is 11.3 Å². The zero-order chi connectivity index (χ0) is 29.6. The van der Waals surface area contributed by atoms with Gasteiger partial charge < -0.3 is 15.1 Å². The summed E-state index contributed by atoms with van der Waals surface area (Å²) in [6.07, 6.45) is 1.58. The minimum Gasteiger partial charge on any atom is -0.353 e. The molecule has 2 aliphatic carbocycles. The van der Waals surface area contributed by atoms with Crippen molar-refractivity contribution in [1.29, 1.82) is 0 Å². The van der Waals surface area contributed by atoms with Gasteiger partial charge in [-0.2, -0.15) is 13.8 Å². The fraction of sp³-hybridized carbons (Fsp3) is 0.552. The maximum absolute atomic E-state index is 15.5. The number of rotatable bonds is 7. The van der Waals surface area contributed by atoms with E-state index in [0.717, 1.165) is 19.2 Å². The van der Waals surface area contributed by atoms with Crippen molar-refractivity contribution in [2.24, 2.45) is 5.92 Å². The van der Waals surface area contributed by atoms with Crippen LogP contribution in [0, 0.1) is 11.7 Å². The van der Waals surface area contributed by atoms with Gasteiger partial charge in [0.15, 0.2) is 0 Å². The summed E-state index contributed by atoms with van der Waals surface area (Å²) >= 11 is 5.80. The molecule has 3 fully saturated rings. The van der Waals surface area contributed by atoms with Crippen molar-refractivity contribution in [3.05, 3.63) is 40.8 Å². The van der Waals surface area contributed by atoms with Crippen molar-refractivity contribution in [3.63, 3.8) is 0 Å². The second-order valence-corrected chi connectivity index (χ2v) is 12.0. The molecule has 2 unspecified atom stereocenters. The molecule has 7 rings (SSSR count). The topological polar surface area (TPSA) is 60.4 Å². The van der Waals surface area contributed by atoms with E-state index < -0.39 is 40.1 Å². The standard InChI is InChI=1S/C29H31ClF5N7/c1-3-40(4-2)15-13-42(14-15)27-38-25-18(26(39-27)41-9-7-36-8-10-41)12-37-24(23(25)29(30,34)35)16-5-6-20(31)22-21(16)17-11-19(17)28(22,32)33/h5-6,12,15,17,19,36H,3-4,7-11,13-14H2,1-2H3. The molecule has 4 heterocycles. The van der Waals surface area contributed by atoms with E-state index in [4.69, 9.17) is 16.6 Å². The van der Waals surface area contributed by atoms with Gasteiger partial charge in [-0.05, 0) is 54.7 Å². The third kappa shape index (κ3) is 4.23. The summed E-state index contributed by atoms with van der Waals surface area (Å²) in [5.41, 5.74) is -1.66. The third-order valence-corrected chi connectivity index (χ3v) is 9.48. The predicted octanol–water partition coefficient (Wildman–Crippen LogP) is 5.27. The monoisotopic (exact) mass is 607 g/mol. The Morgan fingerprint density at radius 2 is 1.81 bits per heavy atom. The second-order valence-electron chi connectivity index (χ2n) is 11.6. The number of nitrogens with zero attached hydrogens (tertiary/aromatic N) is 6. The number of piperazine rings is 1. The average Bonchev–Trinajstić information content (AvgIpc) is 3.71. The molecule has 3 aromatic rings. The van der Waals surface area contributed by atoms with Gasteiger partial charge in [0.25, 0.3) is 5.92 Å². The number of fused-ring (bicyclic) bond motifs is 4. The molecule has 0 bridgehead atoms. The Labute approximate surface area is 245 Å². The van der Waals surface area contributed by atoms with Gasteiger partial charge >= 0.3 is 5.38 Å². The smallest absolute Gasteiger partial charge is 0.352 e. The SMILES string of the molecule is CCN(CC)C1CN(c2nc(N3CCNCC3)c3cnc(-c4ccc(F)c5c4C4CC4C5(F)F)c(C(F)(F)Cl)c3n2)C1. The molecule has 42 heavy (non-hydrogen) atoms. The van der Waals surface area contributed by atoms with E-state index in [1.54, 1.807) is 0 Å². The maximum Gasteiger partial charge on any atom is 0.352 e. The molecule has 13 heteroatoms. The summed E-state index contributed by atoms with van der Waals surface area (Å²) in [6, 6.07) is 2.45. The van der Waals surface area contributed by atoms with Crippen LogP contribution in [0.2, 0.25) is 0 Å². The fourth-order valence-corrected chi connectivity index (χ4v) is 7.19. The first-order chi connectivity index (χ1) is 20.0. The van der Waals surface area contributed by atoms with Crippen LogP contribution in [0.3, 0.4) is 0 Å². The summed E-state index contributed by atoms with van der Waals surface area (Å²) in [5, 5.41) is -0.363. The molecule has 1 aromatic carbocycles. The number of likely N-dealkylation sites (N-methyl/N-ethyl adjacent to an activating group) is 1. The van der Waals surface area contributed by atoms with E-state index in [0.29, 0.717) is 62.5 Å². The zero-order valence-corrected chi connectivity index (χ0v) is 24.0. The Morgan fingerprint density at radius 3 is 2.48 bits per heavy atom. The van der Waals surface area contributed by atoms with E-state index in [1.807, 2.05) is 9.80 Å². The Bertz CT molecular complexity index is 1550. The molecule has 2 aliphatic heterocycles. The van der Waals surface area contributed by atoms with Gasteiger partial charge in [-0.3, -0.25) is 9.88 Å². The van der Waals surface area contributed by atoms with Crippen molar-refractivity contribution < 1.29 is 22.0 Å². The molecule has 0 spiro atoms. The lowest BCUT2D eigenvalue weighted by atomic mass is 9.93. The van der Waals surface area contributed by atoms with Crippen molar-refractivity contribution >= 4 is 34.3 Å². The van der Waals surface area contributed by atoms with E-state index in [9.17, 15) is 4.39 Å². The van der Waals surface area contributed by atoms with Gasteiger partial charge in [0.05, 0.1) is 27.7 Å². The highest BCUT2D eigenvalue weighted by atomic mass is 35.5. The quantitative estimate of drug-likeness (QED) is 0.290. The van der Waals surface area contributed by atoms with E-state index >= 15 is 17.6 Å². The molecule has 2 aromatic heterocycles. The summed E-state index contributed by atoms with van der Waals surface area (Å²) < 4.78 is 75.8. The second kappa shape index (κ2) is 9.85. The molecule has 1 saturated carbocycles. The number of alkyl halides is 5. The molecule has 7 nitrogen and oxygen atoms in total. The van der Waals surface area contributed by atoms with Gasteiger partial charge in [0.1, 0.15) is 11.6 Å². The molecular formula is C29H31ClF5N7. The number of benzene rings is 1. The van der Waals surface area contributed by atoms with Crippen LogP contribution in [0.5, 0.6) is 0 Å². The van der Waals surface area contributed by atoms with Crippen LogP contribution < -0.4 is 15.1 Å². The molecular weight excluding hydrogens is 577 g/mol.